The lowest BCUT2D eigenvalue weighted by atomic mass is 10.0. The summed E-state index contributed by atoms with van der Waals surface area (Å²) in [4.78, 5) is 29.1. The molecule has 2 heterocycles. The van der Waals surface area contributed by atoms with E-state index in [4.69, 9.17) is 4.74 Å². The van der Waals surface area contributed by atoms with E-state index in [1.54, 1.807) is 6.92 Å². The zero-order chi connectivity index (χ0) is 22.5. The van der Waals surface area contributed by atoms with Crippen molar-refractivity contribution in [3.8, 4) is 0 Å². The van der Waals surface area contributed by atoms with Gasteiger partial charge in [0.25, 0.3) is 0 Å². The molecule has 0 spiro atoms. The summed E-state index contributed by atoms with van der Waals surface area (Å²) in [6, 6.07) is 18.3. The van der Waals surface area contributed by atoms with Crippen LogP contribution < -0.4 is 5.32 Å². The number of anilines is 1. The molecule has 0 fully saturated rings. The zero-order valence-corrected chi connectivity index (χ0v) is 19.3. The number of hydrogen-bond donors (Lipinski definition) is 1. The molecular weight excluding hydrogens is 420 g/mol. The smallest absolute Gasteiger partial charge is 0.341 e. The van der Waals surface area contributed by atoms with Crippen molar-refractivity contribution in [2.24, 2.45) is 0 Å². The number of hydrogen-bond acceptors (Lipinski definition) is 5. The quantitative estimate of drug-likeness (QED) is 0.519. The van der Waals surface area contributed by atoms with Crippen LogP contribution in [0.2, 0.25) is 0 Å². The van der Waals surface area contributed by atoms with E-state index >= 15 is 0 Å². The number of rotatable bonds is 7. The Labute approximate surface area is 193 Å². The van der Waals surface area contributed by atoms with Gasteiger partial charge in [0.15, 0.2) is 0 Å². The third-order valence-corrected chi connectivity index (χ3v) is 6.70. The van der Waals surface area contributed by atoms with Crippen LogP contribution in [0.15, 0.2) is 54.6 Å². The summed E-state index contributed by atoms with van der Waals surface area (Å²) >= 11 is 1.50. The topological polar surface area (TPSA) is 58.6 Å². The lowest BCUT2D eigenvalue weighted by Gasteiger charge is -2.27. The van der Waals surface area contributed by atoms with Crippen molar-refractivity contribution >= 4 is 28.2 Å². The van der Waals surface area contributed by atoms with Gasteiger partial charge in [0.1, 0.15) is 5.00 Å². The molecule has 0 bridgehead atoms. The zero-order valence-electron chi connectivity index (χ0n) is 18.5. The van der Waals surface area contributed by atoms with E-state index in [1.807, 2.05) is 37.3 Å². The maximum absolute atomic E-state index is 12.8. The number of amides is 1. The van der Waals surface area contributed by atoms with Crippen molar-refractivity contribution in [1.29, 1.82) is 0 Å². The van der Waals surface area contributed by atoms with Crippen molar-refractivity contribution < 1.29 is 14.3 Å². The maximum Gasteiger partial charge on any atom is 0.341 e. The second-order valence-electron chi connectivity index (χ2n) is 8.09. The molecule has 0 unspecified atom stereocenters. The van der Waals surface area contributed by atoms with Crippen LogP contribution in [0.4, 0.5) is 5.00 Å². The number of thiophene rings is 1. The molecule has 3 aromatic rings. The standard InChI is InChI=1S/C26H28N2O3S/c1-3-31-26(30)24-21-12-13-28(16-19-9-5-4-6-10-19)17-22(21)32-25(24)27-23(29)15-20-11-7-8-18(2)14-20/h4-11,14H,3,12-13,15-17H2,1-2H3,(H,27,29). The van der Waals surface area contributed by atoms with E-state index in [2.05, 4.69) is 34.5 Å². The van der Waals surface area contributed by atoms with Crippen LogP contribution in [0, 0.1) is 6.92 Å². The van der Waals surface area contributed by atoms with Gasteiger partial charge in [0.2, 0.25) is 5.91 Å². The molecular formula is C26H28N2O3S. The second-order valence-corrected chi connectivity index (χ2v) is 9.19. The molecule has 6 heteroatoms. The molecule has 1 aromatic heterocycles. The third-order valence-electron chi connectivity index (χ3n) is 5.56. The van der Waals surface area contributed by atoms with Crippen LogP contribution in [-0.4, -0.2) is 29.9 Å². The van der Waals surface area contributed by atoms with E-state index in [9.17, 15) is 9.59 Å². The summed E-state index contributed by atoms with van der Waals surface area (Å²) in [5, 5.41) is 3.60. The Bertz CT molecular complexity index is 1110. The van der Waals surface area contributed by atoms with Crippen LogP contribution in [0.5, 0.6) is 0 Å². The van der Waals surface area contributed by atoms with Crippen molar-refractivity contribution in [1.82, 2.24) is 4.90 Å². The van der Waals surface area contributed by atoms with E-state index in [0.29, 0.717) is 17.2 Å². The summed E-state index contributed by atoms with van der Waals surface area (Å²) < 4.78 is 5.33. The van der Waals surface area contributed by atoms with Crippen LogP contribution in [0.3, 0.4) is 0 Å². The van der Waals surface area contributed by atoms with Crippen molar-refractivity contribution in [3.63, 3.8) is 0 Å². The monoisotopic (exact) mass is 448 g/mol. The molecule has 4 rings (SSSR count). The summed E-state index contributed by atoms with van der Waals surface area (Å²) in [5.74, 6) is -0.478. The molecule has 5 nitrogen and oxygen atoms in total. The first kappa shape index (κ1) is 22.2. The second kappa shape index (κ2) is 10.1. The fourth-order valence-electron chi connectivity index (χ4n) is 4.12. The highest BCUT2D eigenvalue weighted by Gasteiger charge is 2.29. The van der Waals surface area contributed by atoms with Gasteiger partial charge in [-0.05, 0) is 37.0 Å². The van der Waals surface area contributed by atoms with Gasteiger partial charge in [-0.15, -0.1) is 11.3 Å². The Hall–Kier alpha value is -2.96. The van der Waals surface area contributed by atoms with Crippen LogP contribution >= 0.6 is 11.3 Å². The Morgan fingerprint density at radius 3 is 2.62 bits per heavy atom. The SMILES string of the molecule is CCOC(=O)c1c(NC(=O)Cc2cccc(C)c2)sc2c1CCN(Cc1ccccc1)C2. The lowest BCUT2D eigenvalue weighted by molar-refractivity contribution is -0.115. The van der Waals surface area contributed by atoms with Gasteiger partial charge in [0.05, 0.1) is 18.6 Å². The van der Waals surface area contributed by atoms with E-state index in [-0.39, 0.29) is 18.3 Å². The van der Waals surface area contributed by atoms with Gasteiger partial charge in [-0.3, -0.25) is 9.69 Å². The Kier molecular flexibility index (Phi) is 7.02. The molecule has 1 aliphatic heterocycles. The number of esters is 1. The molecule has 166 valence electrons. The Morgan fingerprint density at radius 2 is 1.88 bits per heavy atom. The molecule has 2 aromatic carbocycles. The molecule has 32 heavy (non-hydrogen) atoms. The highest BCUT2D eigenvalue weighted by atomic mass is 32.1. The van der Waals surface area contributed by atoms with Gasteiger partial charge in [-0.2, -0.15) is 0 Å². The molecule has 1 aliphatic rings. The summed E-state index contributed by atoms with van der Waals surface area (Å²) in [6.07, 6.45) is 1.03. The highest BCUT2D eigenvalue weighted by molar-refractivity contribution is 7.17. The van der Waals surface area contributed by atoms with Gasteiger partial charge in [-0.1, -0.05) is 60.2 Å². The molecule has 0 atom stereocenters. The van der Waals surface area contributed by atoms with Crippen molar-refractivity contribution in [2.75, 3.05) is 18.5 Å². The van der Waals surface area contributed by atoms with Crippen molar-refractivity contribution in [2.45, 2.75) is 39.8 Å². The number of aryl methyl sites for hydroxylation is 1. The molecule has 0 aliphatic carbocycles. The van der Waals surface area contributed by atoms with E-state index in [1.165, 1.54) is 16.9 Å². The number of fused-ring (bicyclic) bond motifs is 1. The normalized spacial score (nSPS) is 13.4. The molecule has 0 radical (unpaired) electrons. The third kappa shape index (κ3) is 5.26. The Balaban J connectivity index is 1.54. The largest absolute Gasteiger partial charge is 0.462 e. The van der Waals surface area contributed by atoms with Gasteiger partial charge in [0, 0.05) is 24.5 Å². The average molecular weight is 449 g/mol. The number of nitrogens with one attached hydrogen (secondary N) is 1. The first-order chi connectivity index (χ1) is 15.5. The van der Waals surface area contributed by atoms with Gasteiger partial charge in [-0.25, -0.2) is 4.79 Å². The Morgan fingerprint density at radius 1 is 1.09 bits per heavy atom. The van der Waals surface area contributed by atoms with Crippen LogP contribution in [0.25, 0.3) is 0 Å². The lowest BCUT2D eigenvalue weighted by Crippen LogP contribution is -2.30. The highest BCUT2D eigenvalue weighted by Crippen LogP contribution is 2.38. The number of carbonyl (C=O) groups excluding carboxylic acids is 2. The first-order valence-electron chi connectivity index (χ1n) is 11.0. The minimum atomic E-state index is -0.354. The number of ether oxygens (including phenoxy) is 1. The first-order valence-corrected chi connectivity index (χ1v) is 11.8. The van der Waals surface area contributed by atoms with Gasteiger partial charge < -0.3 is 10.1 Å². The predicted octanol–water partition coefficient (Wildman–Crippen LogP) is 4.97. The van der Waals surface area contributed by atoms with Crippen molar-refractivity contribution in [3.05, 3.63) is 87.3 Å². The number of nitrogens with zero attached hydrogens (tertiary/aromatic N) is 1. The predicted molar refractivity (Wildman–Crippen MR) is 128 cm³/mol. The van der Waals surface area contributed by atoms with E-state index in [0.717, 1.165) is 47.6 Å². The maximum atomic E-state index is 12.8. The van der Waals surface area contributed by atoms with E-state index < -0.39 is 0 Å². The van der Waals surface area contributed by atoms with Crippen LogP contribution in [-0.2, 0) is 35.5 Å². The fraction of sp³-hybridized carbons (Fsp3) is 0.308. The molecule has 1 amide bonds. The molecule has 0 saturated carbocycles. The average Bonchev–Trinajstić information content (AvgIpc) is 3.11. The molecule has 1 N–H and O–H groups in total. The minimum absolute atomic E-state index is 0.124. The summed E-state index contributed by atoms with van der Waals surface area (Å²) in [5.41, 5.74) is 4.89. The molecule has 0 saturated heterocycles. The van der Waals surface area contributed by atoms with Gasteiger partial charge >= 0.3 is 5.97 Å². The minimum Gasteiger partial charge on any atom is -0.462 e. The fourth-order valence-corrected chi connectivity index (χ4v) is 5.41. The summed E-state index contributed by atoms with van der Waals surface area (Å²) in [7, 11) is 0. The number of benzene rings is 2. The van der Waals surface area contributed by atoms with Crippen LogP contribution in [0.1, 0.15) is 44.4 Å². The number of carbonyl (C=O) groups is 2. The summed E-state index contributed by atoms with van der Waals surface area (Å²) in [6.45, 7) is 6.60.